The summed E-state index contributed by atoms with van der Waals surface area (Å²) >= 11 is 0. The molecule has 3 heteroatoms. The number of nitrogens with zero attached hydrogens (tertiary/aromatic N) is 3. The van der Waals surface area contributed by atoms with Crippen molar-refractivity contribution in [3.63, 3.8) is 0 Å². The van der Waals surface area contributed by atoms with Crippen molar-refractivity contribution in [1.29, 1.82) is 5.26 Å². The zero-order chi connectivity index (χ0) is 11.0. The Kier molecular flexibility index (Phi) is 2.28. The van der Waals surface area contributed by atoms with E-state index in [2.05, 4.69) is 16.0 Å². The van der Waals surface area contributed by atoms with Crippen LogP contribution in [-0.4, -0.2) is 17.1 Å². The van der Waals surface area contributed by atoms with Crippen molar-refractivity contribution in [2.24, 2.45) is 0 Å². The van der Waals surface area contributed by atoms with E-state index >= 15 is 0 Å². The number of anilines is 1. The lowest BCUT2D eigenvalue weighted by Gasteiger charge is -2.35. The smallest absolute Gasteiger partial charge is 0.129 e. The third-order valence-electron chi connectivity index (χ3n) is 3.84. The quantitative estimate of drug-likeness (QED) is 0.719. The molecule has 0 saturated carbocycles. The van der Waals surface area contributed by atoms with Crippen LogP contribution in [0, 0.1) is 11.3 Å². The number of rotatable bonds is 1. The summed E-state index contributed by atoms with van der Waals surface area (Å²) in [5, 5.41) is 8.75. The zero-order valence-electron chi connectivity index (χ0n) is 9.26. The molecule has 3 nitrogen and oxygen atoms in total. The summed E-state index contributed by atoms with van der Waals surface area (Å²) in [5.41, 5.74) is 0.646. The summed E-state index contributed by atoms with van der Waals surface area (Å²) < 4.78 is 0. The van der Waals surface area contributed by atoms with Crippen LogP contribution in [0.5, 0.6) is 0 Å². The van der Waals surface area contributed by atoms with Crippen LogP contribution < -0.4 is 4.90 Å². The van der Waals surface area contributed by atoms with E-state index in [0.717, 1.165) is 5.82 Å². The van der Waals surface area contributed by atoms with E-state index in [9.17, 15) is 0 Å². The Bertz CT molecular complexity index is 402. The zero-order valence-corrected chi connectivity index (χ0v) is 9.26. The molecule has 0 aromatic carbocycles. The Morgan fingerprint density at radius 2 is 1.94 bits per heavy atom. The Morgan fingerprint density at radius 3 is 2.50 bits per heavy atom. The molecule has 2 unspecified atom stereocenters. The summed E-state index contributed by atoms with van der Waals surface area (Å²) in [4.78, 5) is 6.89. The second-order valence-corrected chi connectivity index (χ2v) is 4.74. The molecule has 0 amide bonds. The van der Waals surface area contributed by atoms with Gasteiger partial charge < -0.3 is 4.90 Å². The average molecular weight is 213 g/mol. The summed E-state index contributed by atoms with van der Waals surface area (Å²) in [6.07, 6.45) is 8.28. The molecular formula is C13H15N3. The first kappa shape index (κ1) is 9.65. The van der Waals surface area contributed by atoms with Crippen LogP contribution in [0.25, 0.3) is 0 Å². The molecule has 2 saturated heterocycles. The second-order valence-electron chi connectivity index (χ2n) is 4.74. The van der Waals surface area contributed by atoms with Crippen LogP contribution in [-0.2, 0) is 0 Å². The molecule has 2 atom stereocenters. The van der Waals surface area contributed by atoms with Gasteiger partial charge in [-0.2, -0.15) is 5.26 Å². The van der Waals surface area contributed by atoms with E-state index in [0.29, 0.717) is 17.6 Å². The third-order valence-corrected chi connectivity index (χ3v) is 3.84. The SMILES string of the molecule is N#Cc1ccc(N2C3CCCC2CC3)nc1. The van der Waals surface area contributed by atoms with Gasteiger partial charge >= 0.3 is 0 Å². The van der Waals surface area contributed by atoms with Gasteiger partial charge in [0.25, 0.3) is 0 Å². The maximum Gasteiger partial charge on any atom is 0.129 e. The predicted octanol–water partition coefficient (Wildman–Crippen LogP) is 2.47. The molecule has 0 N–H and O–H groups in total. The number of hydrogen-bond acceptors (Lipinski definition) is 3. The van der Waals surface area contributed by atoms with Crippen LogP contribution in [0.2, 0.25) is 0 Å². The van der Waals surface area contributed by atoms with E-state index in [4.69, 9.17) is 5.26 Å². The van der Waals surface area contributed by atoms with Gasteiger partial charge in [-0.05, 0) is 44.2 Å². The lowest BCUT2D eigenvalue weighted by Crippen LogP contribution is -2.40. The van der Waals surface area contributed by atoms with Crippen LogP contribution >= 0.6 is 0 Å². The number of nitriles is 1. The maximum absolute atomic E-state index is 8.75. The van der Waals surface area contributed by atoms with E-state index in [1.165, 1.54) is 32.1 Å². The molecule has 2 fully saturated rings. The first-order valence-corrected chi connectivity index (χ1v) is 6.03. The molecular weight excluding hydrogens is 198 g/mol. The minimum Gasteiger partial charge on any atom is -0.351 e. The van der Waals surface area contributed by atoms with Crippen LogP contribution in [0.15, 0.2) is 18.3 Å². The fraction of sp³-hybridized carbons (Fsp3) is 0.538. The molecule has 3 heterocycles. The minimum absolute atomic E-state index is 0.646. The number of fused-ring (bicyclic) bond motifs is 2. The molecule has 2 aliphatic rings. The van der Waals surface area contributed by atoms with Gasteiger partial charge in [0, 0.05) is 18.3 Å². The average Bonchev–Trinajstić information content (AvgIpc) is 2.59. The van der Waals surface area contributed by atoms with Crippen molar-refractivity contribution in [1.82, 2.24) is 4.98 Å². The van der Waals surface area contributed by atoms with Crippen molar-refractivity contribution < 1.29 is 0 Å². The fourth-order valence-corrected chi connectivity index (χ4v) is 3.10. The van der Waals surface area contributed by atoms with Crippen molar-refractivity contribution in [2.45, 2.75) is 44.2 Å². The molecule has 2 bridgehead atoms. The molecule has 2 aliphatic heterocycles. The van der Waals surface area contributed by atoms with Gasteiger partial charge in [-0.3, -0.25) is 0 Å². The monoisotopic (exact) mass is 213 g/mol. The van der Waals surface area contributed by atoms with E-state index in [-0.39, 0.29) is 0 Å². The Morgan fingerprint density at radius 1 is 1.19 bits per heavy atom. The van der Waals surface area contributed by atoms with Crippen molar-refractivity contribution in [2.75, 3.05) is 4.90 Å². The van der Waals surface area contributed by atoms with Crippen molar-refractivity contribution in [3.8, 4) is 6.07 Å². The molecule has 0 spiro atoms. The largest absolute Gasteiger partial charge is 0.351 e. The van der Waals surface area contributed by atoms with Gasteiger partial charge in [0.1, 0.15) is 11.9 Å². The van der Waals surface area contributed by atoms with Crippen LogP contribution in [0.1, 0.15) is 37.7 Å². The molecule has 16 heavy (non-hydrogen) atoms. The normalized spacial score (nSPS) is 27.8. The highest BCUT2D eigenvalue weighted by Crippen LogP contribution is 2.38. The first-order chi connectivity index (χ1) is 7.88. The van der Waals surface area contributed by atoms with Gasteiger partial charge in [-0.25, -0.2) is 4.98 Å². The van der Waals surface area contributed by atoms with Crippen LogP contribution in [0.3, 0.4) is 0 Å². The van der Waals surface area contributed by atoms with Gasteiger partial charge in [0.05, 0.1) is 5.56 Å². The summed E-state index contributed by atoms with van der Waals surface area (Å²) in [5.74, 6) is 1.06. The Labute approximate surface area is 95.7 Å². The number of piperidine rings is 1. The summed E-state index contributed by atoms with van der Waals surface area (Å²) in [6, 6.07) is 7.37. The van der Waals surface area contributed by atoms with Gasteiger partial charge in [-0.1, -0.05) is 0 Å². The highest BCUT2D eigenvalue weighted by Gasteiger charge is 2.36. The van der Waals surface area contributed by atoms with E-state index in [1.54, 1.807) is 6.20 Å². The fourth-order valence-electron chi connectivity index (χ4n) is 3.10. The molecule has 3 rings (SSSR count). The molecule has 0 aliphatic carbocycles. The van der Waals surface area contributed by atoms with Gasteiger partial charge in [-0.15, -0.1) is 0 Å². The Balaban J connectivity index is 1.89. The standard InChI is InChI=1S/C13H15N3/c14-8-10-4-7-13(15-9-10)16-11-2-1-3-12(16)6-5-11/h4,7,9,11-12H,1-3,5-6H2. The van der Waals surface area contributed by atoms with Crippen molar-refractivity contribution in [3.05, 3.63) is 23.9 Å². The summed E-state index contributed by atoms with van der Waals surface area (Å²) in [6.45, 7) is 0. The molecule has 1 aromatic rings. The number of hydrogen-bond donors (Lipinski definition) is 0. The topological polar surface area (TPSA) is 39.9 Å². The maximum atomic E-state index is 8.75. The number of aromatic nitrogens is 1. The third kappa shape index (κ3) is 1.46. The molecule has 82 valence electrons. The second kappa shape index (κ2) is 3.79. The lowest BCUT2D eigenvalue weighted by atomic mass is 10.0. The Hall–Kier alpha value is -1.56. The van der Waals surface area contributed by atoms with Crippen LogP contribution in [0.4, 0.5) is 5.82 Å². The van der Waals surface area contributed by atoms with Gasteiger partial charge in [0.2, 0.25) is 0 Å². The summed E-state index contributed by atoms with van der Waals surface area (Å²) in [7, 11) is 0. The number of pyridine rings is 1. The first-order valence-electron chi connectivity index (χ1n) is 6.03. The molecule has 1 aromatic heterocycles. The minimum atomic E-state index is 0.646. The molecule has 0 radical (unpaired) electrons. The van der Waals surface area contributed by atoms with E-state index in [1.807, 2.05) is 12.1 Å². The van der Waals surface area contributed by atoms with Gasteiger partial charge in [0.15, 0.2) is 0 Å². The lowest BCUT2D eigenvalue weighted by molar-refractivity contribution is 0.464. The predicted molar refractivity (Wildman–Crippen MR) is 62.1 cm³/mol. The van der Waals surface area contributed by atoms with Crippen molar-refractivity contribution >= 4 is 5.82 Å². The highest BCUT2D eigenvalue weighted by atomic mass is 15.3. The van der Waals surface area contributed by atoms with E-state index < -0.39 is 0 Å². The highest BCUT2D eigenvalue weighted by molar-refractivity contribution is 5.45.